The van der Waals surface area contributed by atoms with E-state index >= 15 is 0 Å². The van der Waals surface area contributed by atoms with Gasteiger partial charge >= 0.3 is 5.97 Å². The summed E-state index contributed by atoms with van der Waals surface area (Å²) in [5.41, 5.74) is 1.37. The number of carboxylic acid groups (broad SMARTS) is 1. The SMILES string of the molecule is COc1ccc(C2CCN(CCCCC(=O)O)C2)cc1.Cl. The molecule has 0 amide bonds. The fourth-order valence-corrected chi connectivity index (χ4v) is 2.80. The van der Waals surface area contributed by atoms with Crippen LogP contribution in [0.2, 0.25) is 0 Å². The van der Waals surface area contributed by atoms with Gasteiger partial charge in [0, 0.05) is 13.0 Å². The molecular weight excluding hydrogens is 290 g/mol. The molecule has 1 atom stereocenters. The lowest BCUT2D eigenvalue weighted by molar-refractivity contribution is -0.137. The molecule has 1 unspecified atom stereocenters. The summed E-state index contributed by atoms with van der Waals surface area (Å²) in [5.74, 6) is 0.806. The summed E-state index contributed by atoms with van der Waals surface area (Å²) < 4.78 is 5.18. The molecule has 4 nitrogen and oxygen atoms in total. The molecule has 1 N–H and O–H groups in total. The molecule has 0 spiro atoms. The van der Waals surface area contributed by atoms with Gasteiger partial charge in [0.05, 0.1) is 7.11 Å². The number of halogens is 1. The smallest absolute Gasteiger partial charge is 0.303 e. The molecule has 0 aliphatic carbocycles. The molecule has 2 rings (SSSR count). The zero-order valence-corrected chi connectivity index (χ0v) is 13.3. The summed E-state index contributed by atoms with van der Waals surface area (Å²) in [6, 6.07) is 8.34. The van der Waals surface area contributed by atoms with Crippen molar-refractivity contribution < 1.29 is 14.6 Å². The summed E-state index contributed by atoms with van der Waals surface area (Å²) in [5, 5.41) is 8.62. The standard InChI is InChI=1S/C16H23NO3.ClH/c1-20-15-7-5-13(6-8-15)14-9-11-17(12-14)10-3-2-4-16(18)19;/h5-8,14H,2-4,9-12H2,1H3,(H,18,19);1H. The molecule has 21 heavy (non-hydrogen) atoms. The van der Waals surface area contributed by atoms with Crippen LogP contribution in [0.5, 0.6) is 5.75 Å². The first-order chi connectivity index (χ1) is 9.69. The van der Waals surface area contributed by atoms with E-state index in [1.54, 1.807) is 7.11 Å². The lowest BCUT2D eigenvalue weighted by Crippen LogP contribution is -2.21. The second kappa shape index (κ2) is 8.90. The van der Waals surface area contributed by atoms with Gasteiger partial charge in [-0.1, -0.05) is 12.1 Å². The molecule has 1 saturated heterocycles. The number of rotatable bonds is 7. The van der Waals surface area contributed by atoms with E-state index in [9.17, 15) is 4.79 Å². The molecule has 1 heterocycles. The summed E-state index contributed by atoms with van der Waals surface area (Å²) in [4.78, 5) is 12.9. The maximum absolute atomic E-state index is 10.5. The van der Waals surface area contributed by atoms with Crippen molar-refractivity contribution in [1.29, 1.82) is 0 Å². The van der Waals surface area contributed by atoms with Crippen molar-refractivity contribution in [2.24, 2.45) is 0 Å². The zero-order chi connectivity index (χ0) is 14.4. The van der Waals surface area contributed by atoms with Crippen molar-refractivity contribution in [1.82, 2.24) is 4.90 Å². The Morgan fingerprint density at radius 2 is 2.05 bits per heavy atom. The van der Waals surface area contributed by atoms with Crippen LogP contribution in [0.3, 0.4) is 0 Å². The van der Waals surface area contributed by atoms with Crippen molar-refractivity contribution in [3.63, 3.8) is 0 Å². The lowest BCUT2D eigenvalue weighted by atomic mass is 9.98. The minimum atomic E-state index is -0.692. The number of carboxylic acids is 1. The molecular formula is C16H24ClNO3. The van der Waals surface area contributed by atoms with E-state index in [-0.39, 0.29) is 18.8 Å². The number of aliphatic carboxylic acids is 1. The van der Waals surface area contributed by atoms with E-state index < -0.39 is 5.97 Å². The van der Waals surface area contributed by atoms with Gasteiger partial charge < -0.3 is 14.7 Å². The third kappa shape index (κ3) is 5.56. The van der Waals surface area contributed by atoms with Gasteiger partial charge in [-0.15, -0.1) is 12.4 Å². The number of nitrogens with zero attached hydrogens (tertiary/aromatic N) is 1. The Morgan fingerprint density at radius 1 is 1.33 bits per heavy atom. The maximum Gasteiger partial charge on any atom is 0.303 e. The molecule has 1 aromatic carbocycles. The van der Waals surface area contributed by atoms with Gasteiger partial charge in [-0.2, -0.15) is 0 Å². The first kappa shape index (κ1) is 17.8. The van der Waals surface area contributed by atoms with E-state index in [4.69, 9.17) is 9.84 Å². The van der Waals surface area contributed by atoms with Crippen LogP contribution in [-0.4, -0.2) is 42.7 Å². The molecule has 0 saturated carbocycles. The van der Waals surface area contributed by atoms with Crippen molar-refractivity contribution in [3.05, 3.63) is 29.8 Å². The van der Waals surface area contributed by atoms with Gasteiger partial charge in [0.15, 0.2) is 0 Å². The molecule has 0 radical (unpaired) electrons. The quantitative estimate of drug-likeness (QED) is 0.786. The largest absolute Gasteiger partial charge is 0.497 e. The fourth-order valence-electron chi connectivity index (χ4n) is 2.80. The molecule has 118 valence electrons. The number of unbranched alkanes of at least 4 members (excludes halogenated alkanes) is 1. The average Bonchev–Trinajstić information content (AvgIpc) is 2.92. The number of carbonyl (C=O) groups is 1. The minimum absolute atomic E-state index is 0. The Balaban J connectivity index is 0.00000220. The Labute approximate surface area is 132 Å². The van der Waals surface area contributed by atoms with Crippen LogP contribution in [0, 0.1) is 0 Å². The number of methoxy groups -OCH3 is 1. The summed E-state index contributed by atoms with van der Waals surface area (Å²) in [6.07, 6.45) is 3.22. The first-order valence-electron chi connectivity index (χ1n) is 7.27. The number of ether oxygens (including phenoxy) is 1. The van der Waals surface area contributed by atoms with Crippen LogP contribution in [0.4, 0.5) is 0 Å². The van der Waals surface area contributed by atoms with E-state index in [2.05, 4.69) is 17.0 Å². The Kier molecular flexibility index (Phi) is 7.54. The Hall–Kier alpha value is -1.26. The highest BCUT2D eigenvalue weighted by Gasteiger charge is 2.23. The van der Waals surface area contributed by atoms with Crippen molar-refractivity contribution in [2.45, 2.75) is 31.6 Å². The molecule has 5 heteroatoms. The maximum atomic E-state index is 10.5. The normalized spacial score (nSPS) is 18.2. The van der Waals surface area contributed by atoms with Crippen LogP contribution in [-0.2, 0) is 4.79 Å². The molecule has 1 aromatic rings. The highest BCUT2D eigenvalue weighted by Crippen LogP contribution is 2.28. The number of hydrogen-bond acceptors (Lipinski definition) is 3. The lowest BCUT2D eigenvalue weighted by Gasteiger charge is -2.16. The molecule has 0 bridgehead atoms. The van der Waals surface area contributed by atoms with E-state index in [0.29, 0.717) is 5.92 Å². The van der Waals surface area contributed by atoms with Crippen LogP contribution < -0.4 is 4.74 Å². The first-order valence-corrected chi connectivity index (χ1v) is 7.27. The number of hydrogen-bond donors (Lipinski definition) is 1. The molecule has 1 aliphatic heterocycles. The average molecular weight is 314 g/mol. The van der Waals surface area contributed by atoms with Gasteiger partial charge in [-0.25, -0.2) is 0 Å². The Morgan fingerprint density at radius 3 is 2.67 bits per heavy atom. The fraction of sp³-hybridized carbons (Fsp3) is 0.562. The van der Waals surface area contributed by atoms with Crippen LogP contribution in [0.25, 0.3) is 0 Å². The minimum Gasteiger partial charge on any atom is -0.497 e. The van der Waals surface area contributed by atoms with Crippen LogP contribution in [0.1, 0.15) is 37.2 Å². The number of benzene rings is 1. The van der Waals surface area contributed by atoms with Crippen LogP contribution in [0.15, 0.2) is 24.3 Å². The van der Waals surface area contributed by atoms with Crippen molar-refractivity contribution in [2.75, 3.05) is 26.7 Å². The third-order valence-electron chi connectivity index (χ3n) is 3.97. The second-order valence-electron chi connectivity index (χ2n) is 5.41. The van der Waals surface area contributed by atoms with E-state index in [1.165, 1.54) is 12.0 Å². The monoisotopic (exact) mass is 313 g/mol. The topological polar surface area (TPSA) is 49.8 Å². The van der Waals surface area contributed by atoms with Gasteiger partial charge in [0.25, 0.3) is 0 Å². The third-order valence-corrected chi connectivity index (χ3v) is 3.97. The number of likely N-dealkylation sites (tertiary alicyclic amines) is 1. The van der Waals surface area contributed by atoms with Gasteiger partial charge in [-0.3, -0.25) is 4.79 Å². The second-order valence-corrected chi connectivity index (χ2v) is 5.41. The highest BCUT2D eigenvalue weighted by molar-refractivity contribution is 5.85. The molecule has 0 aromatic heterocycles. The van der Waals surface area contributed by atoms with E-state index in [0.717, 1.165) is 38.2 Å². The summed E-state index contributed by atoms with van der Waals surface area (Å²) in [6.45, 7) is 3.21. The van der Waals surface area contributed by atoms with Crippen molar-refractivity contribution in [3.8, 4) is 5.75 Å². The summed E-state index contributed by atoms with van der Waals surface area (Å²) in [7, 11) is 1.68. The predicted octanol–water partition coefficient (Wildman–Crippen LogP) is 3.16. The van der Waals surface area contributed by atoms with E-state index in [1.807, 2.05) is 12.1 Å². The highest BCUT2D eigenvalue weighted by atomic mass is 35.5. The zero-order valence-electron chi connectivity index (χ0n) is 12.5. The predicted molar refractivity (Wildman–Crippen MR) is 85.5 cm³/mol. The molecule has 1 aliphatic rings. The summed E-state index contributed by atoms with van der Waals surface area (Å²) >= 11 is 0. The van der Waals surface area contributed by atoms with Gasteiger partial charge in [-0.05, 0) is 56.0 Å². The Bertz CT molecular complexity index is 436. The van der Waals surface area contributed by atoms with Crippen molar-refractivity contribution >= 4 is 18.4 Å². The van der Waals surface area contributed by atoms with Gasteiger partial charge in [0.1, 0.15) is 5.75 Å². The van der Waals surface area contributed by atoms with Crippen LogP contribution >= 0.6 is 12.4 Å². The molecule has 1 fully saturated rings. The van der Waals surface area contributed by atoms with Gasteiger partial charge in [0.2, 0.25) is 0 Å².